The van der Waals surface area contributed by atoms with Crippen LogP contribution in [-0.2, 0) is 6.42 Å². The van der Waals surface area contributed by atoms with Gasteiger partial charge in [-0.25, -0.2) is 0 Å². The molecule has 3 aromatic rings. The summed E-state index contributed by atoms with van der Waals surface area (Å²) in [6.07, 6.45) is 0.846. The van der Waals surface area contributed by atoms with E-state index in [4.69, 9.17) is 9.84 Å². The molecule has 128 valence electrons. The molecule has 0 aliphatic carbocycles. The number of ether oxygens (including phenoxy) is 1. The van der Waals surface area contributed by atoms with E-state index in [-0.39, 0.29) is 5.56 Å². The van der Waals surface area contributed by atoms with Crippen molar-refractivity contribution in [1.29, 1.82) is 0 Å². The summed E-state index contributed by atoms with van der Waals surface area (Å²) in [7, 11) is 1.62. The highest BCUT2D eigenvalue weighted by atomic mass is 79.9. The molecule has 0 unspecified atom stereocenters. The molecule has 0 spiro atoms. The van der Waals surface area contributed by atoms with Crippen LogP contribution in [0.5, 0.6) is 5.75 Å². The number of fused-ring (bicyclic) bond motifs is 3. The van der Waals surface area contributed by atoms with E-state index in [0.29, 0.717) is 0 Å². The SMILES string of the molecule is COc1ccc(-n2nc3c(cc2=O)CCSc2sc(C)c(Br)c2-3)cc1. The van der Waals surface area contributed by atoms with Crippen molar-refractivity contribution in [3.63, 3.8) is 0 Å². The number of hydrogen-bond donors (Lipinski definition) is 0. The Kier molecular flexibility index (Phi) is 4.47. The highest BCUT2D eigenvalue weighted by molar-refractivity contribution is 9.10. The molecule has 0 bridgehead atoms. The van der Waals surface area contributed by atoms with Crippen molar-refractivity contribution >= 4 is 39.0 Å². The Bertz CT molecular complexity index is 1010. The Morgan fingerprint density at radius 3 is 2.76 bits per heavy atom. The van der Waals surface area contributed by atoms with Crippen molar-refractivity contribution in [2.45, 2.75) is 17.6 Å². The fourth-order valence-electron chi connectivity index (χ4n) is 2.86. The summed E-state index contributed by atoms with van der Waals surface area (Å²) in [5, 5.41) is 4.74. The van der Waals surface area contributed by atoms with Gasteiger partial charge in [0, 0.05) is 26.7 Å². The van der Waals surface area contributed by atoms with Gasteiger partial charge in [-0.05, 0) is 59.1 Å². The lowest BCUT2D eigenvalue weighted by Crippen LogP contribution is -2.22. The van der Waals surface area contributed by atoms with Crippen LogP contribution in [0.15, 0.2) is 43.8 Å². The van der Waals surface area contributed by atoms with E-state index in [0.717, 1.165) is 44.9 Å². The molecule has 7 heteroatoms. The van der Waals surface area contributed by atoms with Crippen LogP contribution in [0.2, 0.25) is 0 Å². The Morgan fingerprint density at radius 1 is 1.28 bits per heavy atom. The molecule has 0 fully saturated rings. The average Bonchev–Trinajstić information content (AvgIpc) is 2.79. The summed E-state index contributed by atoms with van der Waals surface area (Å²) in [6.45, 7) is 2.10. The summed E-state index contributed by atoms with van der Waals surface area (Å²) >= 11 is 7.32. The predicted octanol–water partition coefficient (Wildman–Crippen LogP) is 4.69. The van der Waals surface area contributed by atoms with Crippen LogP contribution in [0.4, 0.5) is 0 Å². The van der Waals surface area contributed by atoms with Crippen LogP contribution in [-0.4, -0.2) is 22.6 Å². The maximum absolute atomic E-state index is 12.6. The molecule has 4 rings (SSSR count). The van der Waals surface area contributed by atoms with Crippen LogP contribution in [0.3, 0.4) is 0 Å². The van der Waals surface area contributed by atoms with E-state index in [1.807, 2.05) is 36.0 Å². The van der Waals surface area contributed by atoms with Crippen molar-refractivity contribution in [3.8, 4) is 22.7 Å². The van der Waals surface area contributed by atoms with Crippen molar-refractivity contribution in [3.05, 3.63) is 55.6 Å². The first-order chi connectivity index (χ1) is 12.1. The first kappa shape index (κ1) is 16.9. The van der Waals surface area contributed by atoms with Gasteiger partial charge in [0.15, 0.2) is 0 Å². The number of methoxy groups -OCH3 is 1. The molecule has 4 nitrogen and oxygen atoms in total. The average molecular weight is 435 g/mol. The molecule has 0 atom stereocenters. The summed E-state index contributed by atoms with van der Waals surface area (Å²) in [4.78, 5) is 13.8. The number of aromatic nitrogens is 2. The van der Waals surface area contributed by atoms with E-state index in [9.17, 15) is 4.79 Å². The summed E-state index contributed by atoms with van der Waals surface area (Å²) in [5.74, 6) is 1.71. The lowest BCUT2D eigenvalue weighted by molar-refractivity contribution is 0.414. The Hall–Kier alpha value is -1.57. The third-order valence-electron chi connectivity index (χ3n) is 4.15. The first-order valence-electron chi connectivity index (χ1n) is 7.78. The van der Waals surface area contributed by atoms with Crippen LogP contribution in [0.1, 0.15) is 10.4 Å². The zero-order valence-electron chi connectivity index (χ0n) is 13.7. The quantitative estimate of drug-likeness (QED) is 0.586. The number of thiophene rings is 1. The van der Waals surface area contributed by atoms with Crippen LogP contribution in [0, 0.1) is 6.92 Å². The topological polar surface area (TPSA) is 44.1 Å². The second-order valence-electron chi connectivity index (χ2n) is 5.70. The molecular formula is C18H15BrN2O2S2. The predicted molar refractivity (Wildman–Crippen MR) is 107 cm³/mol. The van der Waals surface area contributed by atoms with Gasteiger partial charge in [-0.15, -0.1) is 23.1 Å². The fourth-order valence-corrected chi connectivity index (χ4v) is 6.23. The van der Waals surface area contributed by atoms with Gasteiger partial charge in [0.2, 0.25) is 0 Å². The molecule has 0 saturated carbocycles. The minimum Gasteiger partial charge on any atom is -0.497 e. The van der Waals surface area contributed by atoms with E-state index < -0.39 is 0 Å². The van der Waals surface area contributed by atoms with Crippen LogP contribution < -0.4 is 10.3 Å². The van der Waals surface area contributed by atoms with Gasteiger partial charge in [0.25, 0.3) is 5.56 Å². The minimum atomic E-state index is -0.111. The number of benzene rings is 1. The molecule has 2 aromatic heterocycles. The summed E-state index contributed by atoms with van der Waals surface area (Å²) < 4.78 is 9.00. The third-order valence-corrected chi connectivity index (χ3v) is 7.78. The van der Waals surface area contributed by atoms with Crippen LogP contribution in [0.25, 0.3) is 16.9 Å². The number of halogens is 1. The Balaban J connectivity index is 1.93. The monoisotopic (exact) mass is 434 g/mol. The fraction of sp³-hybridized carbons (Fsp3) is 0.222. The molecule has 0 N–H and O–H groups in total. The molecular weight excluding hydrogens is 420 g/mol. The van der Waals surface area contributed by atoms with E-state index in [2.05, 4.69) is 22.9 Å². The molecule has 25 heavy (non-hydrogen) atoms. The largest absolute Gasteiger partial charge is 0.497 e. The number of nitrogens with zero attached hydrogens (tertiary/aromatic N) is 2. The molecule has 1 aliphatic heterocycles. The van der Waals surface area contributed by atoms with E-state index >= 15 is 0 Å². The normalized spacial score (nSPS) is 13.1. The lowest BCUT2D eigenvalue weighted by Gasteiger charge is -2.11. The number of rotatable bonds is 2. The third kappa shape index (κ3) is 2.94. The minimum absolute atomic E-state index is 0.111. The summed E-state index contributed by atoms with van der Waals surface area (Å²) in [6, 6.07) is 9.09. The zero-order valence-corrected chi connectivity index (χ0v) is 16.9. The number of hydrogen-bond acceptors (Lipinski definition) is 5. The van der Waals surface area contributed by atoms with E-state index in [1.165, 1.54) is 13.8 Å². The van der Waals surface area contributed by atoms with Crippen molar-refractivity contribution in [2.75, 3.05) is 12.9 Å². The smallest absolute Gasteiger partial charge is 0.271 e. The van der Waals surface area contributed by atoms with Gasteiger partial charge in [-0.3, -0.25) is 4.79 Å². The number of aryl methyl sites for hydroxylation is 2. The molecule has 3 heterocycles. The zero-order chi connectivity index (χ0) is 17.6. The highest BCUT2D eigenvalue weighted by Crippen LogP contribution is 2.47. The van der Waals surface area contributed by atoms with Crippen molar-refractivity contribution < 1.29 is 4.74 Å². The molecule has 1 aromatic carbocycles. The maximum atomic E-state index is 12.6. The van der Waals surface area contributed by atoms with Gasteiger partial charge in [0.05, 0.1) is 22.7 Å². The Labute approximate surface area is 162 Å². The van der Waals surface area contributed by atoms with Gasteiger partial charge in [-0.1, -0.05) is 0 Å². The highest BCUT2D eigenvalue weighted by Gasteiger charge is 2.24. The first-order valence-corrected chi connectivity index (χ1v) is 10.4. The second kappa shape index (κ2) is 6.63. The standard InChI is InChI=1S/C18H15BrN2O2S2/c1-10-16(19)15-17-11(7-8-24-18(15)25-10)9-14(22)21(20-17)12-3-5-13(23-2)6-4-12/h3-6,9H,7-8H2,1-2H3. The van der Waals surface area contributed by atoms with E-state index in [1.54, 1.807) is 24.5 Å². The maximum Gasteiger partial charge on any atom is 0.271 e. The molecule has 1 aliphatic rings. The Morgan fingerprint density at radius 2 is 2.04 bits per heavy atom. The van der Waals surface area contributed by atoms with Gasteiger partial charge in [0.1, 0.15) is 5.75 Å². The lowest BCUT2D eigenvalue weighted by atomic mass is 10.1. The van der Waals surface area contributed by atoms with Crippen LogP contribution >= 0.6 is 39.0 Å². The van der Waals surface area contributed by atoms with Gasteiger partial charge >= 0.3 is 0 Å². The molecule has 0 amide bonds. The van der Waals surface area contributed by atoms with Gasteiger partial charge in [-0.2, -0.15) is 9.78 Å². The van der Waals surface area contributed by atoms with Crippen molar-refractivity contribution in [1.82, 2.24) is 9.78 Å². The summed E-state index contributed by atoms with van der Waals surface area (Å²) in [5.41, 5.74) is 3.64. The van der Waals surface area contributed by atoms with Crippen molar-refractivity contribution in [2.24, 2.45) is 0 Å². The molecule has 0 saturated heterocycles. The van der Waals surface area contributed by atoms with Gasteiger partial charge < -0.3 is 4.74 Å². The molecule has 0 radical (unpaired) electrons. The second-order valence-corrected chi connectivity index (χ2v) is 9.08. The number of thioether (sulfide) groups is 1.